The van der Waals surface area contributed by atoms with Gasteiger partial charge < -0.3 is 20.3 Å². The van der Waals surface area contributed by atoms with Crippen molar-refractivity contribution in [3.8, 4) is 0 Å². The molecule has 0 aromatic carbocycles. The Balaban J connectivity index is 3.40. The monoisotopic (exact) mass is 1010 g/mol. The van der Waals surface area contributed by atoms with Gasteiger partial charge in [-0.2, -0.15) is 0 Å². The number of carbonyl (C=O) groups is 2. The summed E-state index contributed by atoms with van der Waals surface area (Å²) in [6.45, 7) is 4.88. The Labute approximate surface area is 448 Å². The Morgan fingerprint density at radius 1 is 0.389 bits per heavy atom. The Morgan fingerprint density at radius 2 is 0.694 bits per heavy atom. The molecule has 0 saturated carbocycles. The molecule has 0 radical (unpaired) electrons. The molecule has 1 amide bonds. The number of nitrogens with one attached hydrogen (secondary N) is 1. The first-order valence-corrected chi connectivity index (χ1v) is 31.9. The summed E-state index contributed by atoms with van der Waals surface area (Å²) in [6.07, 6.45) is 78.7. The van der Waals surface area contributed by atoms with Crippen molar-refractivity contribution >= 4 is 11.9 Å². The largest absolute Gasteiger partial charge is 0.466 e. The highest BCUT2D eigenvalue weighted by atomic mass is 16.5. The fourth-order valence-corrected chi connectivity index (χ4v) is 9.66. The maximum Gasteiger partial charge on any atom is 0.305 e. The molecule has 2 atom stereocenters. The molecule has 0 aliphatic heterocycles. The number of aliphatic hydroxyl groups excluding tert-OH is 2. The molecule has 0 spiro atoms. The van der Waals surface area contributed by atoms with Gasteiger partial charge >= 0.3 is 5.97 Å². The summed E-state index contributed by atoms with van der Waals surface area (Å²) in [5.74, 6) is -0.0651. The highest BCUT2D eigenvalue weighted by Gasteiger charge is 2.18. The van der Waals surface area contributed by atoms with E-state index in [0.29, 0.717) is 19.4 Å². The topological polar surface area (TPSA) is 95.9 Å². The van der Waals surface area contributed by atoms with E-state index >= 15 is 0 Å². The van der Waals surface area contributed by atoms with Crippen LogP contribution in [0.3, 0.4) is 0 Å². The van der Waals surface area contributed by atoms with E-state index in [1.54, 1.807) is 6.08 Å². The zero-order valence-corrected chi connectivity index (χ0v) is 48.2. The fraction of sp³-hybridized carbons (Fsp3) is 0.848. The zero-order valence-electron chi connectivity index (χ0n) is 48.2. The molecule has 0 heterocycles. The average molecular weight is 1010 g/mol. The smallest absolute Gasteiger partial charge is 0.305 e. The highest BCUT2D eigenvalue weighted by Crippen LogP contribution is 2.17. The number of carbonyl (C=O) groups excluding carboxylic acids is 2. The van der Waals surface area contributed by atoms with Crippen molar-refractivity contribution in [2.75, 3.05) is 13.2 Å². The Bertz CT molecular complexity index is 1210. The minimum atomic E-state index is -0.847. The van der Waals surface area contributed by atoms with E-state index in [2.05, 4.69) is 55.6 Å². The molecule has 0 aliphatic carbocycles. The van der Waals surface area contributed by atoms with Gasteiger partial charge in [0.1, 0.15) is 0 Å². The second-order valence-electron chi connectivity index (χ2n) is 21.7. The first kappa shape index (κ1) is 69.8. The molecule has 0 bridgehead atoms. The van der Waals surface area contributed by atoms with Crippen LogP contribution in [0.15, 0.2) is 48.6 Å². The van der Waals surface area contributed by atoms with Gasteiger partial charge in [0.2, 0.25) is 5.91 Å². The summed E-state index contributed by atoms with van der Waals surface area (Å²) < 4.78 is 5.50. The van der Waals surface area contributed by atoms with Gasteiger partial charge in [-0.1, -0.05) is 281 Å². The molecule has 0 rings (SSSR count). The number of hydrogen-bond donors (Lipinski definition) is 3. The minimum absolute atomic E-state index is 0.00800. The van der Waals surface area contributed by atoms with Crippen molar-refractivity contribution in [3.63, 3.8) is 0 Å². The van der Waals surface area contributed by atoms with Crippen LogP contribution in [0.4, 0.5) is 0 Å². The van der Waals surface area contributed by atoms with Crippen molar-refractivity contribution in [3.05, 3.63) is 48.6 Å². The van der Waals surface area contributed by atoms with E-state index in [4.69, 9.17) is 4.74 Å². The summed E-state index contributed by atoms with van der Waals surface area (Å²) in [7, 11) is 0. The van der Waals surface area contributed by atoms with Crippen LogP contribution in [-0.4, -0.2) is 47.4 Å². The number of rotatable bonds is 59. The zero-order chi connectivity index (χ0) is 52.2. The van der Waals surface area contributed by atoms with Crippen LogP contribution in [-0.2, 0) is 14.3 Å². The molecule has 6 heteroatoms. The molecule has 0 aliphatic rings. The lowest BCUT2D eigenvalue weighted by molar-refractivity contribution is -0.143. The lowest BCUT2D eigenvalue weighted by atomic mass is 10.0. The van der Waals surface area contributed by atoms with Gasteiger partial charge in [-0.3, -0.25) is 9.59 Å². The van der Waals surface area contributed by atoms with Crippen LogP contribution >= 0.6 is 0 Å². The first-order chi connectivity index (χ1) is 35.5. The molecular weight excluding hydrogens is 887 g/mol. The van der Waals surface area contributed by atoms with Crippen molar-refractivity contribution in [2.45, 2.75) is 347 Å². The number of esters is 1. The van der Waals surface area contributed by atoms with Gasteiger partial charge in [-0.15, -0.1) is 0 Å². The molecule has 0 fully saturated rings. The molecule has 0 aromatic rings. The van der Waals surface area contributed by atoms with Crippen LogP contribution in [0.5, 0.6) is 0 Å². The van der Waals surface area contributed by atoms with E-state index in [0.717, 1.165) is 51.4 Å². The van der Waals surface area contributed by atoms with Gasteiger partial charge in [-0.25, -0.2) is 0 Å². The maximum absolute atomic E-state index is 12.4. The summed E-state index contributed by atoms with van der Waals surface area (Å²) >= 11 is 0. The summed E-state index contributed by atoms with van der Waals surface area (Å²) in [4.78, 5) is 24.5. The predicted molar refractivity (Wildman–Crippen MR) is 315 cm³/mol. The van der Waals surface area contributed by atoms with Crippen molar-refractivity contribution in [1.82, 2.24) is 5.32 Å². The number of allylic oxidation sites excluding steroid dienone is 7. The van der Waals surface area contributed by atoms with Crippen molar-refractivity contribution in [2.24, 2.45) is 0 Å². The van der Waals surface area contributed by atoms with Crippen molar-refractivity contribution < 1.29 is 24.5 Å². The molecule has 72 heavy (non-hydrogen) atoms. The lowest BCUT2D eigenvalue weighted by Crippen LogP contribution is -2.45. The van der Waals surface area contributed by atoms with E-state index < -0.39 is 12.1 Å². The van der Waals surface area contributed by atoms with Crippen LogP contribution in [0.25, 0.3) is 0 Å². The molecule has 422 valence electrons. The van der Waals surface area contributed by atoms with Gasteiger partial charge in [0.05, 0.1) is 25.4 Å². The SMILES string of the molecule is CCCCC/C=C\C/C=C\CCCCCCCCCCCC(=O)OCCCCCCCCCCCCCC/C=C\CCCCCCCCCCC(=O)NC(CO)C(O)/C=C/CCCCCCCCCCCC. The van der Waals surface area contributed by atoms with E-state index in [1.807, 2.05) is 6.08 Å². The Kier molecular flexibility index (Phi) is 59.5. The number of unbranched alkanes of at least 4 members (excludes halogenated alkanes) is 42. The highest BCUT2D eigenvalue weighted by molar-refractivity contribution is 5.76. The second-order valence-corrected chi connectivity index (χ2v) is 21.7. The van der Waals surface area contributed by atoms with Gasteiger partial charge in [0, 0.05) is 12.8 Å². The fourth-order valence-electron chi connectivity index (χ4n) is 9.66. The standard InChI is InChI=1S/C66H123NO5/c1-3-5-7-9-11-13-15-17-18-19-26-30-33-36-40-44-48-52-56-60-66(71)72-61-57-53-49-45-41-37-34-31-28-25-23-21-20-22-24-27-29-32-35-39-43-47-51-55-59-65(70)67-63(62-68)64(69)58-54-50-46-42-38-16-14-12-10-8-6-4-2/h11,13,17-18,22,24,54,58,63-64,68-69H,3-10,12,14-16,19-21,23,25-53,55-57,59-62H2,1-2H3,(H,67,70)/b13-11-,18-17-,24-22-,58-54+. The number of aliphatic hydroxyl groups is 2. The third kappa shape index (κ3) is 57.1. The van der Waals surface area contributed by atoms with Gasteiger partial charge in [-0.05, 0) is 89.9 Å². The van der Waals surface area contributed by atoms with Crippen LogP contribution in [0.2, 0.25) is 0 Å². The quantitative estimate of drug-likeness (QED) is 0.0320. The van der Waals surface area contributed by atoms with Crippen LogP contribution < -0.4 is 5.32 Å². The van der Waals surface area contributed by atoms with Crippen molar-refractivity contribution in [1.29, 1.82) is 0 Å². The van der Waals surface area contributed by atoms with E-state index in [9.17, 15) is 19.8 Å². The Hall–Kier alpha value is -2.18. The minimum Gasteiger partial charge on any atom is -0.466 e. The molecule has 3 N–H and O–H groups in total. The molecule has 6 nitrogen and oxygen atoms in total. The first-order valence-electron chi connectivity index (χ1n) is 31.9. The number of ether oxygens (including phenoxy) is 1. The second kappa shape index (κ2) is 61.4. The predicted octanol–water partition coefficient (Wildman–Crippen LogP) is 20.1. The van der Waals surface area contributed by atoms with Crippen LogP contribution in [0, 0.1) is 0 Å². The van der Waals surface area contributed by atoms with E-state index in [1.165, 1.54) is 257 Å². The lowest BCUT2D eigenvalue weighted by Gasteiger charge is -2.20. The Morgan fingerprint density at radius 3 is 1.10 bits per heavy atom. The number of amides is 1. The van der Waals surface area contributed by atoms with Gasteiger partial charge in [0.15, 0.2) is 0 Å². The van der Waals surface area contributed by atoms with Crippen LogP contribution in [0.1, 0.15) is 335 Å². The molecule has 2 unspecified atom stereocenters. The summed E-state index contributed by atoms with van der Waals surface area (Å²) in [5, 5.41) is 23.1. The summed E-state index contributed by atoms with van der Waals surface area (Å²) in [6, 6.07) is -0.631. The third-order valence-electron chi connectivity index (χ3n) is 14.6. The average Bonchev–Trinajstić information content (AvgIpc) is 3.38. The summed E-state index contributed by atoms with van der Waals surface area (Å²) in [5.41, 5.74) is 0. The molecule has 0 aromatic heterocycles. The normalized spacial score (nSPS) is 12.9. The third-order valence-corrected chi connectivity index (χ3v) is 14.6. The maximum atomic E-state index is 12.4. The van der Waals surface area contributed by atoms with Gasteiger partial charge in [0.25, 0.3) is 0 Å². The molecule has 0 saturated heterocycles. The molecular formula is C66H123NO5. The van der Waals surface area contributed by atoms with E-state index in [-0.39, 0.29) is 18.5 Å². The number of hydrogen-bond acceptors (Lipinski definition) is 5.